The topological polar surface area (TPSA) is 56.3 Å². The number of benzene rings is 2. The fraction of sp³-hybridized carbons (Fsp3) is 0.136. The number of pyridine rings is 1. The zero-order valence-electron chi connectivity index (χ0n) is 14.8. The second kappa shape index (κ2) is 8.36. The van der Waals surface area contributed by atoms with Crippen molar-refractivity contribution in [2.45, 2.75) is 12.8 Å². The predicted octanol–water partition coefficient (Wildman–Crippen LogP) is 4.42. The van der Waals surface area contributed by atoms with E-state index in [9.17, 15) is 14.0 Å². The van der Waals surface area contributed by atoms with Crippen LogP contribution in [0.2, 0.25) is 0 Å². The monoisotopic (exact) mass is 363 g/mol. The lowest BCUT2D eigenvalue weighted by Gasteiger charge is -2.12. The molecule has 136 valence electrons. The number of carbonyl (C=O) groups excluding carboxylic acids is 2. The number of hydrogen-bond acceptors (Lipinski definition) is 4. The van der Waals surface area contributed by atoms with Gasteiger partial charge in [0.25, 0.3) is 0 Å². The van der Waals surface area contributed by atoms with Crippen LogP contribution in [0.5, 0.6) is 0 Å². The minimum atomic E-state index is -0.562. The molecule has 0 N–H and O–H groups in total. The molecule has 0 radical (unpaired) electrons. The van der Waals surface area contributed by atoms with E-state index < -0.39 is 11.9 Å². The fourth-order valence-corrected chi connectivity index (χ4v) is 2.67. The molecule has 3 rings (SSSR count). The zero-order valence-corrected chi connectivity index (χ0v) is 14.8. The Morgan fingerprint density at radius 2 is 1.67 bits per heavy atom. The molecule has 0 saturated heterocycles. The van der Waals surface area contributed by atoms with Gasteiger partial charge in [0.1, 0.15) is 5.82 Å². The van der Waals surface area contributed by atoms with Crippen LogP contribution in [-0.4, -0.2) is 23.3 Å². The van der Waals surface area contributed by atoms with Crippen LogP contribution in [0.15, 0.2) is 73.1 Å². The number of nitrogens with zero attached hydrogens (tertiary/aromatic N) is 1. The van der Waals surface area contributed by atoms with Gasteiger partial charge in [-0.2, -0.15) is 0 Å². The lowest BCUT2D eigenvalue weighted by atomic mass is 9.94. The second-order valence-electron chi connectivity index (χ2n) is 6.10. The predicted molar refractivity (Wildman–Crippen MR) is 99.8 cm³/mol. The highest BCUT2D eigenvalue weighted by atomic mass is 19.1. The van der Waals surface area contributed by atoms with E-state index in [0.717, 1.165) is 11.1 Å². The van der Waals surface area contributed by atoms with E-state index >= 15 is 0 Å². The molecule has 2 aromatic carbocycles. The number of hydrogen-bond donors (Lipinski definition) is 0. The van der Waals surface area contributed by atoms with Crippen LogP contribution < -0.4 is 0 Å². The first-order valence-corrected chi connectivity index (χ1v) is 8.51. The molecule has 0 aliphatic rings. The van der Waals surface area contributed by atoms with E-state index in [2.05, 4.69) is 4.98 Å². The van der Waals surface area contributed by atoms with Gasteiger partial charge in [0.2, 0.25) is 0 Å². The summed E-state index contributed by atoms with van der Waals surface area (Å²) >= 11 is 0. The maximum absolute atomic E-state index is 13.9. The zero-order chi connectivity index (χ0) is 19.2. The van der Waals surface area contributed by atoms with Gasteiger partial charge in [-0.1, -0.05) is 49.4 Å². The maximum atomic E-state index is 13.9. The number of aromatic nitrogens is 1. The Bertz CT molecular complexity index is 939. The highest BCUT2D eigenvalue weighted by Gasteiger charge is 2.18. The smallest absolute Gasteiger partial charge is 0.338 e. The van der Waals surface area contributed by atoms with E-state index in [-0.39, 0.29) is 18.2 Å². The Morgan fingerprint density at radius 3 is 2.33 bits per heavy atom. The van der Waals surface area contributed by atoms with Gasteiger partial charge in [0, 0.05) is 23.9 Å². The molecular formula is C22H18FNO3. The molecule has 0 aliphatic carbocycles. The highest BCUT2D eigenvalue weighted by molar-refractivity contribution is 5.93. The summed E-state index contributed by atoms with van der Waals surface area (Å²) in [6.07, 6.45) is 2.97. The lowest BCUT2D eigenvalue weighted by molar-refractivity contribution is -0.123. The Hall–Kier alpha value is -3.34. The molecule has 5 heteroatoms. The van der Waals surface area contributed by atoms with E-state index in [1.807, 2.05) is 0 Å². The van der Waals surface area contributed by atoms with Gasteiger partial charge in [-0.05, 0) is 29.3 Å². The maximum Gasteiger partial charge on any atom is 0.338 e. The van der Waals surface area contributed by atoms with Gasteiger partial charge in [-0.15, -0.1) is 0 Å². The van der Waals surface area contributed by atoms with E-state index in [1.54, 1.807) is 49.4 Å². The van der Waals surface area contributed by atoms with Gasteiger partial charge in [0.05, 0.1) is 5.56 Å². The molecule has 4 nitrogen and oxygen atoms in total. The van der Waals surface area contributed by atoms with Crippen LogP contribution in [0.3, 0.4) is 0 Å². The van der Waals surface area contributed by atoms with Crippen molar-refractivity contribution < 1.29 is 18.7 Å². The van der Waals surface area contributed by atoms with Crippen molar-refractivity contribution in [2.75, 3.05) is 6.61 Å². The average Bonchev–Trinajstić information content (AvgIpc) is 2.72. The average molecular weight is 363 g/mol. The SMILES string of the molecule is CC(C(=O)COC(=O)c1ccncc1)c1ccc(-c2ccccc2F)cc1. The Kier molecular flexibility index (Phi) is 5.71. The number of halogens is 1. The number of ketones is 1. The van der Waals surface area contributed by atoms with Crippen LogP contribution in [0.4, 0.5) is 4.39 Å². The van der Waals surface area contributed by atoms with E-state index in [1.165, 1.54) is 30.6 Å². The summed E-state index contributed by atoms with van der Waals surface area (Å²) < 4.78 is 18.9. The first-order valence-electron chi connectivity index (χ1n) is 8.51. The number of Topliss-reactive ketones (excluding diaryl/α,β-unsaturated/α-hetero) is 1. The van der Waals surface area contributed by atoms with Crippen LogP contribution in [0.25, 0.3) is 11.1 Å². The summed E-state index contributed by atoms with van der Waals surface area (Å²) in [5.74, 6) is -1.51. The third kappa shape index (κ3) is 4.44. The molecule has 3 aromatic rings. The number of rotatable bonds is 6. The molecule has 1 heterocycles. The van der Waals surface area contributed by atoms with Crippen LogP contribution in [0, 0.1) is 5.82 Å². The Morgan fingerprint density at radius 1 is 1.00 bits per heavy atom. The molecule has 27 heavy (non-hydrogen) atoms. The van der Waals surface area contributed by atoms with E-state index in [0.29, 0.717) is 11.1 Å². The molecule has 0 fully saturated rings. The van der Waals surface area contributed by atoms with Gasteiger partial charge in [0.15, 0.2) is 12.4 Å². The molecule has 1 atom stereocenters. The summed E-state index contributed by atoms with van der Waals surface area (Å²) in [6.45, 7) is 1.44. The summed E-state index contributed by atoms with van der Waals surface area (Å²) in [6, 6.07) is 16.7. The van der Waals surface area contributed by atoms with Crippen molar-refractivity contribution in [1.82, 2.24) is 4.98 Å². The molecule has 1 aromatic heterocycles. The highest BCUT2D eigenvalue weighted by Crippen LogP contribution is 2.25. The van der Waals surface area contributed by atoms with Crippen molar-refractivity contribution in [2.24, 2.45) is 0 Å². The quantitative estimate of drug-likeness (QED) is 0.609. The van der Waals surface area contributed by atoms with E-state index in [4.69, 9.17) is 4.74 Å². The lowest BCUT2D eigenvalue weighted by Crippen LogP contribution is -2.19. The summed E-state index contributed by atoms with van der Waals surface area (Å²) in [4.78, 5) is 28.1. The Balaban J connectivity index is 1.63. The van der Waals surface area contributed by atoms with Crippen molar-refractivity contribution in [3.63, 3.8) is 0 Å². The fourth-order valence-electron chi connectivity index (χ4n) is 2.67. The van der Waals surface area contributed by atoms with Crippen molar-refractivity contribution in [3.8, 4) is 11.1 Å². The van der Waals surface area contributed by atoms with Crippen molar-refractivity contribution >= 4 is 11.8 Å². The summed E-state index contributed by atoms with van der Waals surface area (Å²) in [5, 5.41) is 0. The Labute approximate surface area is 156 Å². The third-order valence-electron chi connectivity index (χ3n) is 4.34. The van der Waals surface area contributed by atoms with Gasteiger partial charge in [-0.25, -0.2) is 9.18 Å². The van der Waals surface area contributed by atoms with Crippen LogP contribution in [-0.2, 0) is 9.53 Å². The minimum Gasteiger partial charge on any atom is -0.454 e. The molecule has 0 spiro atoms. The molecule has 0 saturated carbocycles. The van der Waals surface area contributed by atoms with Gasteiger partial charge < -0.3 is 4.74 Å². The van der Waals surface area contributed by atoms with Crippen LogP contribution >= 0.6 is 0 Å². The first kappa shape index (κ1) is 18.5. The van der Waals surface area contributed by atoms with Crippen molar-refractivity contribution in [3.05, 3.63) is 90.0 Å². The standard InChI is InChI=1S/C22H18FNO3/c1-15(21(25)14-27-22(26)18-10-12-24-13-11-18)16-6-8-17(9-7-16)19-4-2-3-5-20(19)23/h2-13,15H,14H2,1H3. The molecule has 1 unspecified atom stereocenters. The van der Waals surface area contributed by atoms with Crippen molar-refractivity contribution in [1.29, 1.82) is 0 Å². The summed E-state index contributed by atoms with van der Waals surface area (Å²) in [7, 11) is 0. The third-order valence-corrected chi connectivity index (χ3v) is 4.34. The number of carbonyl (C=O) groups is 2. The number of esters is 1. The molecule has 0 amide bonds. The van der Waals surface area contributed by atoms with Gasteiger partial charge in [-0.3, -0.25) is 9.78 Å². The molecular weight excluding hydrogens is 345 g/mol. The molecule has 0 bridgehead atoms. The summed E-state index contributed by atoms with van der Waals surface area (Å²) in [5.41, 5.74) is 2.37. The minimum absolute atomic E-state index is 0.212. The molecule has 0 aliphatic heterocycles. The second-order valence-corrected chi connectivity index (χ2v) is 6.10. The normalized spacial score (nSPS) is 11.6. The first-order chi connectivity index (χ1) is 13.1. The van der Waals surface area contributed by atoms with Crippen LogP contribution in [0.1, 0.15) is 28.8 Å². The largest absolute Gasteiger partial charge is 0.454 e. The van der Waals surface area contributed by atoms with Gasteiger partial charge >= 0.3 is 5.97 Å². The number of ether oxygens (including phenoxy) is 1.